The molecule has 2 aromatic carbocycles. The number of hydrogen-bond acceptors (Lipinski definition) is 3. The highest BCUT2D eigenvalue weighted by atomic mass is 35.5. The Balaban J connectivity index is 2.03. The molecule has 0 spiro atoms. The van der Waals surface area contributed by atoms with E-state index in [-0.39, 0.29) is 5.91 Å². The average Bonchev–Trinajstić information content (AvgIpc) is 2.79. The van der Waals surface area contributed by atoms with Crippen LogP contribution in [0.15, 0.2) is 48.2 Å². The minimum atomic E-state index is -0.208. The van der Waals surface area contributed by atoms with Crippen molar-refractivity contribution in [2.24, 2.45) is 0 Å². The number of thiocarbonyl (C=S) groups is 1. The second kappa shape index (κ2) is 6.67. The molecule has 1 aliphatic heterocycles. The number of carbonyl (C=O) groups is 1. The molecular formula is C19H14ClN3OS. The Morgan fingerprint density at radius 2 is 2.00 bits per heavy atom. The fourth-order valence-corrected chi connectivity index (χ4v) is 3.20. The van der Waals surface area contributed by atoms with E-state index < -0.39 is 0 Å². The van der Waals surface area contributed by atoms with Crippen LogP contribution in [0.3, 0.4) is 0 Å². The lowest BCUT2D eigenvalue weighted by molar-refractivity contribution is -0.114. The number of aryl methyl sites for hydroxylation is 1. The monoisotopic (exact) mass is 367 g/mol. The van der Waals surface area contributed by atoms with Gasteiger partial charge in [-0.05, 0) is 66.7 Å². The third kappa shape index (κ3) is 3.14. The van der Waals surface area contributed by atoms with Crippen LogP contribution in [0.2, 0.25) is 5.02 Å². The zero-order valence-corrected chi connectivity index (χ0v) is 15.2. The lowest BCUT2D eigenvalue weighted by Crippen LogP contribution is -2.31. The van der Waals surface area contributed by atoms with Gasteiger partial charge in [-0.1, -0.05) is 23.7 Å². The fourth-order valence-electron chi connectivity index (χ4n) is 2.69. The first-order chi connectivity index (χ1) is 11.9. The van der Waals surface area contributed by atoms with Gasteiger partial charge in [0, 0.05) is 12.1 Å². The SMILES string of the molecule is Cc1cc(Cl)ccc1N1C(=O)C(=Cc2cccc(C#N)c2)N(C)C1=S. The first kappa shape index (κ1) is 17.2. The van der Waals surface area contributed by atoms with Gasteiger partial charge in [0.05, 0.1) is 17.3 Å². The summed E-state index contributed by atoms with van der Waals surface area (Å²) >= 11 is 11.5. The van der Waals surface area contributed by atoms with E-state index in [2.05, 4.69) is 6.07 Å². The highest BCUT2D eigenvalue weighted by Gasteiger charge is 2.37. The molecular weight excluding hydrogens is 354 g/mol. The fraction of sp³-hybridized carbons (Fsp3) is 0.105. The van der Waals surface area contributed by atoms with E-state index in [1.54, 1.807) is 54.4 Å². The number of carbonyl (C=O) groups excluding carboxylic acids is 1. The van der Waals surface area contributed by atoms with E-state index in [1.165, 1.54) is 4.90 Å². The van der Waals surface area contributed by atoms with E-state index in [9.17, 15) is 4.79 Å². The largest absolute Gasteiger partial charge is 0.317 e. The highest BCUT2D eigenvalue weighted by Crippen LogP contribution is 2.31. The number of nitriles is 1. The van der Waals surface area contributed by atoms with Gasteiger partial charge in [0.2, 0.25) is 0 Å². The molecule has 1 fully saturated rings. The summed E-state index contributed by atoms with van der Waals surface area (Å²) in [4.78, 5) is 16.1. The van der Waals surface area contributed by atoms with Crippen LogP contribution in [0, 0.1) is 18.3 Å². The zero-order valence-electron chi connectivity index (χ0n) is 13.7. The maximum absolute atomic E-state index is 13.0. The standard InChI is InChI=1S/C19H14ClN3OS/c1-12-8-15(20)6-7-16(12)23-18(24)17(22(2)19(23)25)10-13-4-3-5-14(9-13)11-21/h3-10H,1-2H3. The predicted molar refractivity (Wildman–Crippen MR) is 103 cm³/mol. The molecule has 25 heavy (non-hydrogen) atoms. The van der Waals surface area contributed by atoms with Gasteiger partial charge in [0.25, 0.3) is 5.91 Å². The molecule has 0 N–H and O–H groups in total. The van der Waals surface area contributed by atoms with Crippen LogP contribution in [0.1, 0.15) is 16.7 Å². The van der Waals surface area contributed by atoms with E-state index in [0.717, 1.165) is 11.1 Å². The number of halogens is 1. The van der Waals surface area contributed by atoms with Gasteiger partial charge in [-0.2, -0.15) is 5.26 Å². The highest BCUT2D eigenvalue weighted by molar-refractivity contribution is 7.80. The maximum atomic E-state index is 13.0. The minimum absolute atomic E-state index is 0.208. The molecule has 4 nitrogen and oxygen atoms in total. The lowest BCUT2D eigenvalue weighted by Gasteiger charge is -2.18. The second-order valence-corrected chi connectivity index (χ2v) is 6.48. The van der Waals surface area contributed by atoms with Crippen molar-refractivity contribution < 1.29 is 4.79 Å². The van der Waals surface area contributed by atoms with Crippen LogP contribution in [-0.4, -0.2) is 23.0 Å². The molecule has 3 rings (SSSR count). The smallest absolute Gasteiger partial charge is 0.281 e. The van der Waals surface area contributed by atoms with Crippen LogP contribution in [0.4, 0.5) is 5.69 Å². The van der Waals surface area contributed by atoms with Gasteiger partial charge in [-0.3, -0.25) is 9.69 Å². The number of benzene rings is 2. The molecule has 2 aromatic rings. The Morgan fingerprint density at radius 1 is 1.24 bits per heavy atom. The van der Waals surface area contributed by atoms with Crippen LogP contribution in [0.25, 0.3) is 6.08 Å². The van der Waals surface area contributed by atoms with Crippen LogP contribution in [-0.2, 0) is 4.79 Å². The molecule has 6 heteroatoms. The van der Waals surface area contributed by atoms with Gasteiger partial charge in [-0.25, -0.2) is 0 Å². The van der Waals surface area contributed by atoms with Gasteiger partial charge in [-0.15, -0.1) is 0 Å². The molecule has 0 radical (unpaired) electrons. The Morgan fingerprint density at radius 3 is 2.68 bits per heavy atom. The summed E-state index contributed by atoms with van der Waals surface area (Å²) in [6, 6.07) is 14.5. The summed E-state index contributed by atoms with van der Waals surface area (Å²) in [7, 11) is 1.76. The van der Waals surface area contributed by atoms with E-state index in [1.807, 2.05) is 13.0 Å². The maximum Gasteiger partial charge on any atom is 0.281 e. The Hall–Kier alpha value is -2.68. The number of amides is 1. The number of likely N-dealkylation sites (N-methyl/N-ethyl adjacent to an activating group) is 1. The molecule has 1 aliphatic rings. The summed E-state index contributed by atoms with van der Waals surface area (Å²) in [5, 5.41) is 10.0. The Bertz CT molecular complexity index is 961. The molecule has 0 aliphatic carbocycles. The first-order valence-corrected chi connectivity index (χ1v) is 8.31. The quantitative estimate of drug-likeness (QED) is 0.591. The minimum Gasteiger partial charge on any atom is -0.317 e. The summed E-state index contributed by atoms with van der Waals surface area (Å²) in [6.45, 7) is 1.88. The number of rotatable bonds is 2. The molecule has 1 saturated heterocycles. The number of nitrogens with zero attached hydrogens (tertiary/aromatic N) is 3. The van der Waals surface area contributed by atoms with Gasteiger partial charge in [0.15, 0.2) is 5.11 Å². The third-order valence-electron chi connectivity index (χ3n) is 3.98. The molecule has 1 amide bonds. The van der Waals surface area contributed by atoms with Crippen molar-refractivity contribution in [2.45, 2.75) is 6.92 Å². The van der Waals surface area contributed by atoms with Gasteiger partial charge < -0.3 is 4.90 Å². The van der Waals surface area contributed by atoms with E-state index in [4.69, 9.17) is 29.1 Å². The summed E-state index contributed by atoms with van der Waals surface area (Å²) in [5.41, 5.74) is 3.33. The Labute approximate surface area is 156 Å². The van der Waals surface area contributed by atoms with Gasteiger partial charge >= 0.3 is 0 Å². The topological polar surface area (TPSA) is 47.3 Å². The summed E-state index contributed by atoms with van der Waals surface area (Å²) in [5.74, 6) is -0.208. The first-order valence-electron chi connectivity index (χ1n) is 7.52. The van der Waals surface area contributed by atoms with Crippen LogP contribution >= 0.6 is 23.8 Å². The molecule has 0 atom stereocenters. The van der Waals surface area contributed by atoms with Crippen LogP contribution in [0.5, 0.6) is 0 Å². The lowest BCUT2D eigenvalue weighted by atomic mass is 10.1. The predicted octanol–water partition coefficient (Wildman–Crippen LogP) is 4.12. The van der Waals surface area contributed by atoms with Crippen molar-refractivity contribution in [1.82, 2.24) is 4.90 Å². The molecule has 0 saturated carbocycles. The van der Waals surface area contributed by atoms with E-state index in [0.29, 0.717) is 27.1 Å². The third-order valence-corrected chi connectivity index (χ3v) is 4.67. The van der Waals surface area contributed by atoms with Crippen molar-refractivity contribution in [3.05, 3.63) is 69.9 Å². The molecule has 0 aromatic heterocycles. The van der Waals surface area contributed by atoms with Gasteiger partial charge in [0.1, 0.15) is 5.70 Å². The molecule has 1 heterocycles. The van der Waals surface area contributed by atoms with Crippen molar-refractivity contribution in [3.8, 4) is 6.07 Å². The number of anilines is 1. The van der Waals surface area contributed by atoms with Crippen LogP contribution < -0.4 is 4.90 Å². The van der Waals surface area contributed by atoms with E-state index >= 15 is 0 Å². The summed E-state index contributed by atoms with van der Waals surface area (Å²) < 4.78 is 0. The number of hydrogen-bond donors (Lipinski definition) is 0. The van der Waals surface area contributed by atoms with Crippen molar-refractivity contribution in [2.75, 3.05) is 11.9 Å². The van der Waals surface area contributed by atoms with Crippen molar-refractivity contribution >= 4 is 46.6 Å². The molecule has 0 unspecified atom stereocenters. The summed E-state index contributed by atoms with van der Waals surface area (Å²) in [6.07, 6.45) is 1.74. The zero-order chi connectivity index (χ0) is 18.1. The normalized spacial score (nSPS) is 15.8. The Kier molecular flexibility index (Phi) is 4.58. The van der Waals surface area contributed by atoms with Crippen molar-refractivity contribution in [1.29, 1.82) is 5.26 Å². The van der Waals surface area contributed by atoms with Crippen molar-refractivity contribution in [3.63, 3.8) is 0 Å². The second-order valence-electron chi connectivity index (χ2n) is 5.68. The molecule has 0 bridgehead atoms. The molecule has 124 valence electrons. The average molecular weight is 368 g/mol.